The smallest absolute Gasteiger partial charge is 0.272 e. The fraction of sp³-hybridized carbons (Fsp3) is 0.282. The van der Waals surface area contributed by atoms with E-state index in [0.717, 1.165) is 36.0 Å². The number of rotatable bonds is 13. The van der Waals surface area contributed by atoms with E-state index in [2.05, 4.69) is 5.32 Å². The van der Waals surface area contributed by atoms with Gasteiger partial charge in [0.05, 0.1) is 17.9 Å². The molecule has 3 N–H and O–H groups in total. The van der Waals surface area contributed by atoms with E-state index in [-0.39, 0.29) is 18.4 Å². The minimum absolute atomic E-state index is 0.219. The number of anilines is 1. The van der Waals surface area contributed by atoms with Crippen LogP contribution in [-0.2, 0) is 20.9 Å². The van der Waals surface area contributed by atoms with E-state index in [0.29, 0.717) is 41.7 Å². The van der Waals surface area contributed by atoms with Gasteiger partial charge in [-0.3, -0.25) is 14.4 Å². The highest BCUT2D eigenvalue weighted by molar-refractivity contribution is 6.20. The van der Waals surface area contributed by atoms with Crippen LogP contribution in [0.2, 0.25) is 0 Å². The Morgan fingerprint density at radius 1 is 0.894 bits per heavy atom. The van der Waals surface area contributed by atoms with Crippen molar-refractivity contribution in [2.24, 2.45) is 28.5 Å². The van der Waals surface area contributed by atoms with Crippen LogP contribution in [0.3, 0.4) is 0 Å². The summed E-state index contributed by atoms with van der Waals surface area (Å²) in [6, 6.07) is 34.5. The molecule has 240 valence electrons. The lowest BCUT2D eigenvalue weighted by Crippen LogP contribution is -2.50. The van der Waals surface area contributed by atoms with Crippen molar-refractivity contribution in [2.45, 2.75) is 51.7 Å². The number of nitrogens with one attached hydrogen (secondary N) is 1. The summed E-state index contributed by atoms with van der Waals surface area (Å²) in [7, 11) is 0. The Hall–Kier alpha value is -5.24. The Bertz CT molecular complexity index is 1750. The van der Waals surface area contributed by atoms with E-state index in [1.165, 1.54) is 0 Å². The van der Waals surface area contributed by atoms with Gasteiger partial charge in [-0.05, 0) is 54.7 Å². The van der Waals surface area contributed by atoms with Gasteiger partial charge in [0.15, 0.2) is 0 Å². The molecule has 4 aromatic carbocycles. The van der Waals surface area contributed by atoms with Gasteiger partial charge in [0, 0.05) is 23.0 Å². The largest absolute Gasteiger partial charge is 0.457 e. The summed E-state index contributed by atoms with van der Waals surface area (Å²) < 4.78 is 6.08. The fourth-order valence-corrected chi connectivity index (χ4v) is 6.29. The quantitative estimate of drug-likeness (QED) is 0.173. The Morgan fingerprint density at radius 2 is 1.57 bits per heavy atom. The summed E-state index contributed by atoms with van der Waals surface area (Å²) in [6.07, 6.45) is 2.62. The molecule has 0 bridgehead atoms. The topological polar surface area (TPSA) is 114 Å². The SMILES string of the molecule is CCC[C@H](C(N)=O)[C@@H](CC1CC1)C(=O)NC1N=C(c2ccccc2)c2ccccc2N(Cc2cccc(Oc3ccccc3)c2)C1=O. The van der Waals surface area contributed by atoms with Gasteiger partial charge in [0.25, 0.3) is 5.91 Å². The molecule has 0 aromatic heterocycles. The highest BCUT2D eigenvalue weighted by atomic mass is 16.5. The molecule has 8 heteroatoms. The Kier molecular flexibility index (Phi) is 9.76. The number of benzodiazepines with no additional fused rings is 1. The lowest BCUT2D eigenvalue weighted by atomic mass is 9.83. The number of carbonyl (C=O) groups excluding carboxylic acids is 3. The number of nitrogens with zero attached hydrogens (tertiary/aromatic N) is 2. The third kappa shape index (κ3) is 7.60. The monoisotopic (exact) mass is 628 g/mol. The predicted molar refractivity (Wildman–Crippen MR) is 183 cm³/mol. The maximum Gasteiger partial charge on any atom is 0.272 e. The van der Waals surface area contributed by atoms with Gasteiger partial charge in [0.2, 0.25) is 18.0 Å². The first-order chi connectivity index (χ1) is 22.9. The molecule has 0 spiro atoms. The van der Waals surface area contributed by atoms with Gasteiger partial charge in [-0.2, -0.15) is 0 Å². The number of ether oxygens (including phenoxy) is 1. The standard InChI is InChI=1S/C39H40N4O4/c1-2-12-31(36(40)44)33(24-26-21-22-26)38(45)42-37-39(46)43(25-27-13-11-18-30(23-27)47-29-16-7-4-8-17-29)34-20-10-9-19-32(34)35(41-37)28-14-5-3-6-15-28/h3-11,13-20,23,26,31,33,37H,2,12,21-22,24-25H2,1H3,(H2,40,44)(H,42,45)/t31-,33+,37?/m0/s1. The van der Waals surface area contributed by atoms with Crippen LogP contribution in [0.1, 0.15) is 55.7 Å². The molecular weight excluding hydrogens is 588 g/mol. The minimum atomic E-state index is -1.22. The van der Waals surface area contributed by atoms with Crippen LogP contribution in [0.15, 0.2) is 114 Å². The predicted octanol–water partition coefficient (Wildman–Crippen LogP) is 6.62. The van der Waals surface area contributed by atoms with Crippen LogP contribution in [0.25, 0.3) is 0 Å². The molecule has 1 saturated carbocycles. The van der Waals surface area contributed by atoms with Crippen molar-refractivity contribution in [3.8, 4) is 11.5 Å². The Morgan fingerprint density at radius 3 is 2.28 bits per heavy atom. The Balaban J connectivity index is 1.37. The molecule has 3 amide bonds. The first-order valence-corrected chi connectivity index (χ1v) is 16.4. The highest BCUT2D eigenvalue weighted by Crippen LogP contribution is 2.39. The van der Waals surface area contributed by atoms with Gasteiger partial charge in [0.1, 0.15) is 11.5 Å². The number of aliphatic imine (C=N–C) groups is 1. The van der Waals surface area contributed by atoms with Crippen molar-refractivity contribution in [3.05, 3.63) is 126 Å². The van der Waals surface area contributed by atoms with Gasteiger partial charge >= 0.3 is 0 Å². The average Bonchev–Trinajstić information content (AvgIpc) is 3.93. The minimum Gasteiger partial charge on any atom is -0.457 e. The van der Waals surface area contributed by atoms with Crippen molar-refractivity contribution in [2.75, 3.05) is 4.90 Å². The molecular formula is C39H40N4O4. The first-order valence-electron chi connectivity index (χ1n) is 16.4. The van der Waals surface area contributed by atoms with E-state index in [9.17, 15) is 14.4 Å². The second-order valence-corrected chi connectivity index (χ2v) is 12.3. The molecule has 3 atom stereocenters. The van der Waals surface area contributed by atoms with Gasteiger partial charge < -0.3 is 20.7 Å². The van der Waals surface area contributed by atoms with Crippen LogP contribution < -0.4 is 20.7 Å². The van der Waals surface area contributed by atoms with Crippen LogP contribution >= 0.6 is 0 Å². The van der Waals surface area contributed by atoms with E-state index >= 15 is 0 Å². The number of fused-ring (bicyclic) bond motifs is 1. The molecule has 1 heterocycles. The lowest BCUT2D eigenvalue weighted by Gasteiger charge is -2.28. The summed E-state index contributed by atoms with van der Waals surface area (Å²) >= 11 is 0. The van der Waals surface area contributed by atoms with E-state index < -0.39 is 23.9 Å². The zero-order valence-corrected chi connectivity index (χ0v) is 26.5. The number of amides is 3. The number of nitrogens with two attached hydrogens (primary N) is 1. The highest BCUT2D eigenvalue weighted by Gasteiger charge is 2.40. The Labute approximate surface area is 275 Å². The van der Waals surface area contributed by atoms with Crippen molar-refractivity contribution in [1.29, 1.82) is 0 Å². The second-order valence-electron chi connectivity index (χ2n) is 12.3. The zero-order valence-electron chi connectivity index (χ0n) is 26.5. The third-order valence-electron chi connectivity index (χ3n) is 8.82. The molecule has 0 radical (unpaired) electrons. The number of para-hydroxylation sites is 2. The van der Waals surface area contributed by atoms with E-state index in [4.69, 9.17) is 15.5 Å². The third-order valence-corrected chi connectivity index (χ3v) is 8.82. The van der Waals surface area contributed by atoms with Crippen molar-refractivity contribution in [1.82, 2.24) is 5.32 Å². The van der Waals surface area contributed by atoms with E-state index in [1.54, 1.807) is 4.90 Å². The molecule has 8 nitrogen and oxygen atoms in total. The number of hydrogen-bond acceptors (Lipinski definition) is 5. The molecule has 0 saturated heterocycles. The first kappa shape index (κ1) is 31.7. The maximum absolute atomic E-state index is 14.6. The molecule has 47 heavy (non-hydrogen) atoms. The molecule has 1 aliphatic heterocycles. The van der Waals surface area contributed by atoms with Crippen LogP contribution in [-0.4, -0.2) is 29.6 Å². The van der Waals surface area contributed by atoms with Gasteiger partial charge in [-0.25, -0.2) is 4.99 Å². The zero-order chi connectivity index (χ0) is 32.8. The number of carbonyl (C=O) groups is 3. The molecule has 6 rings (SSSR count). The molecule has 2 aliphatic rings. The van der Waals surface area contributed by atoms with Crippen LogP contribution in [0, 0.1) is 17.8 Å². The molecule has 1 fully saturated rings. The maximum atomic E-state index is 14.6. The van der Waals surface area contributed by atoms with Gasteiger partial charge in [-0.1, -0.05) is 105 Å². The molecule has 1 unspecified atom stereocenters. The average molecular weight is 629 g/mol. The fourth-order valence-electron chi connectivity index (χ4n) is 6.29. The van der Waals surface area contributed by atoms with Crippen LogP contribution in [0.4, 0.5) is 5.69 Å². The van der Waals surface area contributed by atoms with Crippen molar-refractivity contribution >= 4 is 29.1 Å². The number of primary amides is 1. The normalized spacial score (nSPS) is 17.1. The second kappa shape index (κ2) is 14.5. The number of benzene rings is 4. The molecule has 4 aromatic rings. The van der Waals surface area contributed by atoms with Crippen LogP contribution in [0.5, 0.6) is 11.5 Å². The van der Waals surface area contributed by atoms with E-state index in [1.807, 2.05) is 116 Å². The lowest BCUT2D eigenvalue weighted by molar-refractivity contribution is -0.135. The molecule has 1 aliphatic carbocycles. The van der Waals surface area contributed by atoms with Crippen molar-refractivity contribution in [3.63, 3.8) is 0 Å². The number of hydrogen-bond donors (Lipinski definition) is 2. The van der Waals surface area contributed by atoms with Crippen molar-refractivity contribution < 1.29 is 19.1 Å². The summed E-state index contributed by atoms with van der Waals surface area (Å²) in [6.45, 7) is 2.19. The van der Waals surface area contributed by atoms with Gasteiger partial charge in [-0.15, -0.1) is 0 Å². The summed E-state index contributed by atoms with van der Waals surface area (Å²) in [5, 5.41) is 2.98. The summed E-state index contributed by atoms with van der Waals surface area (Å²) in [5.74, 6) is -0.734. The summed E-state index contributed by atoms with van der Waals surface area (Å²) in [4.78, 5) is 47.8. The summed E-state index contributed by atoms with van der Waals surface area (Å²) in [5.41, 5.74) is 9.56.